The number of sulfonamides is 1. The number of hydrogen-bond donors (Lipinski definition) is 1. The maximum absolute atomic E-state index is 12.6. The monoisotopic (exact) mass is 311 g/mol. The first-order valence-electron chi connectivity index (χ1n) is 7.24. The molecule has 1 N–H and O–H groups in total. The molecule has 1 aliphatic rings. The van der Waals surface area contributed by atoms with E-state index >= 15 is 0 Å². The summed E-state index contributed by atoms with van der Waals surface area (Å²) in [7, 11) is -3.44. The average molecular weight is 311 g/mol. The lowest BCUT2D eigenvalue weighted by atomic mass is 10.1. The minimum atomic E-state index is -3.44. The summed E-state index contributed by atoms with van der Waals surface area (Å²) in [6.07, 6.45) is 3.34. The zero-order valence-corrected chi connectivity index (χ0v) is 13.0. The molecule has 0 amide bonds. The molecule has 1 heterocycles. The Morgan fingerprint density at radius 3 is 2.52 bits per heavy atom. The Labute approximate surface area is 125 Å². The second-order valence-electron chi connectivity index (χ2n) is 5.50. The van der Waals surface area contributed by atoms with Crippen LogP contribution in [0.5, 0.6) is 0 Å². The Morgan fingerprint density at radius 1 is 1.29 bits per heavy atom. The van der Waals surface area contributed by atoms with Gasteiger partial charge in [0.15, 0.2) is 0 Å². The van der Waals surface area contributed by atoms with Crippen molar-refractivity contribution in [2.45, 2.75) is 50.0 Å². The highest BCUT2D eigenvalue weighted by Gasteiger charge is 2.30. The van der Waals surface area contributed by atoms with Crippen molar-refractivity contribution in [2.24, 2.45) is 0 Å². The molecule has 0 radical (unpaired) electrons. The molecule has 0 bridgehead atoms. The second kappa shape index (κ2) is 6.58. The highest BCUT2D eigenvalue weighted by atomic mass is 32.2. The van der Waals surface area contributed by atoms with Crippen LogP contribution >= 0.6 is 0 Å². The van der Waals surface area contributed by atoms with Crippen LogP contribution in [0.2, 0.25) is 0 Å². The molecule has 116 valence electrons. The van der Waals surface area contributed by atoms with E-state index in [1.54, 1.807) is 28.6 Å². The van der Waals surface area contributed by atoms with Gasteiger partial charge in [0.05, 0.1) is 4.90 Å². The predicted molar refractivity (Wildman–Crippen MR) is 79.6 cm³/mol. The van der Waals surface area contributed by atoms with Gasteiger partial charge in [0.2, 0.25) is 10.0 Å². The average Bonchev–Trinajstić information content (AvgIpc) is 2.46. The van der Waals surface area contributed by atoms with Crippen LogP contribution in [0.1, 0.15) is 38.2 Å². The summed E-state index contributed by atoms with van der Waals surface area (Å²) in [4.78, 5) is 10.8. The van der Waals surface area contributed by atoms with Crippen molar-refractivity contribution in [1.82, 2.24) is 4.31 Å². The summed E-state index contributed by atoms with van der Waals surface area (Å²) in [5.74, 6) is -0.853. The van der Waals surface area contributed by atoms with E-state index in [1.807, 2.05) is 6.92 Å². The molecule has 0 saturated carbocycles. The topological polar surface area (TPSA) is 74.7 Å². The van der Waals surface area contributed by atoms with E-state index in [-0.39, 0.29) is 17.4 Å². The molecule has 1 aromatic rings. The molecule has 0 unspecified atom stereocenters. The molecule has 1 aliphatic heterocycles. The molecule has 0 aliphatic carbocycles. The minimum absolute atomic E-state index is 0.0374. The van der Waals surface area contributed by atoms with Gasteiger partial charge in [0, 0.05) is 19.0 Å². The van der Waals surface area contributed by atoms with Crippen LogP contribution in [0.25, 0.3) is 0 Å². The van der Waals surface area contributed by atoms with E-state index in [9.17, 15) is 13.2 Å². The Balaban J connectivity index is 2.14. The van der Waals surface area contributed by atoms with Gasteiger partial charge in [0.1, 0.15) is 0 Å². The van der Waals surface area contributed by atoms with Crippen LogP contribution in [0.4, 0.5) is 0 Å². The maximum Gasteiger partial charge on any atom is 0.303 e. The lowest BCUT2D eigenvalue weighted by Crippen LogP contribution is -2.41. The van der Waals surface area contributed by atoms with Gasteiger partial charge < -0.3 is 5.11 Å². The number of hydrogen-bond acceptors (Lipinski definition) is 3. The first-order valence-corrected chi connectivity index (χ1v) is 8.68. The number of carboxylic acids is 1. The molecule has 0 spiro atoms. The molecule has 5 nitrogen and oxygen atoms in total. The molecule has 0 aromatic heterocycles. The number of nitrogens with zero attached hydrogens (tertiary/aromatic N) is 1. The van der Waals surface area contributed by atoms with E-state index < -0.39 is 16.0 Å². The number of rotatable bonds is 5. The van der Waals surface area contributed by atoms with Gasteiger partial charge in [-0.3, -0.25) is 4.79 Å². The lowest BCUT2D eigenvalue weighted by molar-refractivity contribution is -0.136. The number of aliphatic carboxylic acids is 1. The number of aryl methyl sites for hydroxylation is 1. The number of carbonyl (C=O) groups is 1. The number of piperidine rings is 1. The van der Waals surface area contributed by atoms with Gasteiger partial charge in [-0.15, -0.1) is 0 Å². The Kier molecular flexibility index (Phi) is 5.00. The van der Waals surface area contributed by atoms with Crippen LogP contribution in [-0.2, 0) is 21.2 Å². The van der Waals surface area contributed by atoms with Crippen LogP contribution in [0.15, 0.2) is 29.2 Å². The fourth-order valence-electron chi connectivity index (χ4n) is 2.64. The Hall–Kier alpha value is -1.40. The highest BCUT2D eigenvalue weighted by Crippen LogP contribution is 2.25. The number of benzene rings is 1. The smallest absolute Gasteiger partial charge is 0.303 e. The third-order valence-electron chi connectivity index (χ3n) is 3.90. The summed E-state index contributed by atoms with van der Waals surface area (Å²) < 4.78 is 26.8. The van der Waals surface area contributed by atoms with Crippen LogP contribution in [0.3, 0.4) is 0 Å². The van der Waals surface area contributed by atoms with Gasteiger partial charge in [-0.2, -0.15) is 4.31 Å². The van der Waals surface area contributed by atoms with E-state index in [2.05, 4.69) is 0 Å². The molecular formula is C15H21NO4S. The third kappa shape index (κ3) is 3.83. The largest absolute Gasteiger partial charge is 0.481 e. The van der Waals surface area contributed by atoms with Crippen molar-refractivity contribution in [3.8, 4) is 0 Å². The number of carboxylic acid groups (broad SMARTS) is 1. The molecule has 21 heavy (non-hydrogen) atoms. The predicted octanol–water partition coefficient (Wildman–Crippen LogP) is 2.27. The van der Waals surface area contributed by atoms with E-state index in [4.69, 9.17) is 5.11 Å². The van der Waals surface area contributed by atoms with Crippen molar-refractivity contribution < 1.29 is 18.3 Å². The Morgan fingerprint density at radius 2 is 1.95 bits per heavy atom. The molecule has 6 heteroatoms. The zero-order chi connectivity index (χ0) is 15.5. The van der Waals surface area contributed by atoms with E-state index in [1.165, 1.54) is 0 Å². The molecule has 2 rings (SSSR count). The van der Waals surface area contributed by atoms with Gasteiger partial charge in [-0.25, -0.2) is 8.42 Å². The van der Waals surface area contributed by atoms with Crippen LogP contribution < -0.4 is 0 Å². The van der Waals surface area contributed by atoms with Crippen LogP contribution in [-0.4, -0.2) is 36.4 Å². The summed E-state index contributed by atoms with van der Waals surface area (Å²) in [5.41, 5.74) is 0.836. The normalized spacial score (nSPS) is 20.3. The Bertz CT molecular complexity index is 595. The van der Waals surface area contributed by atoms with Crippen LogP contribution in [0, 0.1) is 0 Å². The second-order valence-corrected chi connectivity index (χ2v) is 7.39. The van der Waals surface area contributed by atoms with Gasteiger partial charge in [-0.1, -0.05) is 18.6 Å². The summed E-state index contributed by atoms with van der Waals surface area (Å²) in [6.45, 7) is 2.52. The first kappa shape index (κ1) is 16.0. The van der Waals surface area contributed by atoms with Crippen molar-refractivity contribution in [2.75, 3.05) is 6.54 Å². The quantitative estimate of drug-likeness (QED) is 0.905. The summed E-state index contributed by atoms with van der Waals surface area (Å²) in [5, 5.41) is 8.66. The van der Waals surface area contributed by atoms with Gasteiger partial charge in [-0.05, 0) is 43.9 Å². The SMILES string of the molecule is C[C@@H]1CCCCN1S(=O)(=O)c1ccc(CCC(=O)O)cc1. The van der Waals surface area contributed by atoms with E-state index in [0.29, 0.717) is 13.0 Å². The summed E-state index contributed by atoms with van der Waals surface area (Å²) >= 11 is 0. The van der Waals surface area contributed by atoms with Crippen molar-refractivity contribution in [3.63, 3.8) is 0 Å². The fraction of sp³-hybridized carbons (Fsp3) is 0.533. The van der Waals surface area contributed by atoms with E-state index in [0.717, 1.165) is 24.8 Å². The van der Waals surface area contributed by atoms with Crippen molar-refractivity contribution in [3.05, 3.63) is 29.8 Å². The molecule has 1 saturated heterocycles. The fourth-order valence-corrected chi connectivity index (χ4v) is 4.34. The summed E-state index contributed by atoms with van der Waals surface area (Å²) in [6, 6.07) is 6.59. The highest BCUT2D eigenvalue weighted by molar-refractivity contribution is 7.89. The van der Waals surface area contributed by atoms with Gasteiger partial charge in [0.25, 0.3) is 0 Å². The molecule has 1 fully saturated rings. The molecule has 1 aromatic carbocycles. The standard InChI is InChI=1S/C15H21NO4S/c1-12-4-2-3-11-16(12)21(19,20)14-8-5-13(6-9-14)7-10-15(17)18/h5-6,8-9,12H,2-4,7,10-11H2,1H3,(H,17,18)/t12-/m1/s1. The van der Waals surface area contributed by atoms with Crippen molar-refractivity contribution >= 4 is 16.0 Å². The first-order chi connectivity index (χ1) is 9.91. The lowest BCUT2D eigenvalue weighted by Gasteiger charge is -2.32. The molecule has 1 atom stereocenters. The minimum Gasteiger partial charge on any atom is -0.481 e. The zero-order valence-electron chi connectivity index (χ0n) is 12.2. The van der Waals surface area contributed by atoms with Crippen molar-refractivity contribution in [1.29, 1.82) is 0 Å². The maximum atomic E-state index is 12.6. The third-order valence-corrected chi connectivity index (χ3v) is 5.93. The van der Waals surface area contributed by atoms with Gasteiger partial charge >= 0.3 is 5.97 Å². The molecular weight excluding hydrogens is 290 g/mol.